The smallest absolute Gasteiger partial charge is 0.265 e. The largest absolute Gasteiger partial charge is 0.301 e. The second-order valence-electron chi connectivity index (χ2n) is 2.26. The number of carbonyl (C=O) groups excluding carboxylic acids is 1. The van der Waals surface area contributed by atoms with Crippen molar-refractivity contribution in [2.45, 2.75) is 11.5 Å². The lowest BCUT2D eigenvalue weighted by Crippen LogP contribution is -2.59. The Morgan fingerprint density at radius 3 is 3.30 bits per heavy atom. The molecule has 2 rings (SSSR count). The molecule has 0 spiro atoms. The van der Waals surface area contributed by atoms with Gasteiger partial charge < -0.3 is 4.90 Å². The number of β-lactam (4-membered cyclic amide) rings is 1. The van der Waals surface area contributed by atoms with Gasteiger partial charge in [-0.05, 0) is 0 Å². The molecule has 0 aromatic carbocycles. The Morgan fingerprint density at radius 1 is 1.80 bits per heavy atom. The number of hydrogen-bond acceptors (Lipinski definition) is 2. The second kappa shape index (κ2) is 1.99. The van der Waals surface area contributed by atoms with Crippen LogP contribution in [0.25, 0.3) is 0 Å². The van der Waals surface area contributed by atoms with Crippen molar-refractivity contribution in [3.8, 4) is 0 Å². The molecule has 1 fully saturated rings. The summed E-state index contributed by atoms with van der Waals surface area (Å²) in [6.45, 7) is 0. The van der Waals surface area contributed by atoms with E-state index in [0.717, 1.165) is 5.75 Å². The second-order valence-corrected chi connectivity index (χ2v) is 3.41. The molecule has 0 bridgehead atoms. The van der Waals surface area contributed by atoms with Gasteiger partial charge in [-0.1, -0.05) is 6.08 Å². The van der Waals surface area contributed by atoms with Crippen LogP contribution in [0, 0.1) is 0 Å². The molecule has 0 aliphatic carbocycles. The molecule has 1 saturated heterocycles. The molecule has 0 N–H and O–H groups in total. The van der Waals surface area contributed by atoms with Crippen molar-refractivity contribution in [1.82, 2.24) is 4.90 Å². The molecule has 10 heavy (non-hydrogen) atoms. The highest BCUT2D eigenvalue weighted by Gasteiger charge is 2.47. The molecule has 4 heteroatoms. The van der Waals surface area contributed by atoms with Crippen LogP contribution >= 0.6 is 11.8 Å². The van der Waals surface area contributed by atoms with Gasteiger partial charge in [-0.15, -0.1) is 11.8 Å². The molecule has 0 radical (unpaired) electrons. The predicted octanol–water partition coefficient (Wildman–Crippen LogP) is 0.753. The minimum atomic E-state index is -1.25. The van der Waals surface area contributed by atoms with Crippen molar-refractivity contribution in [2.75, 3.05) is 5.75 Å². The maximum Gasteiger partial charge on any atom is 0.265 e. The minimum Gasteiger partial charge on any atom is -0.301 e. The van der Waals surface area contributed by atoms with Crippen molar-refractivity contribution < 1.29 is 9.18 Å². The Balaban J connectivity index is 2.18. The van der Waals surface area contributed by atoms with Gasteiger partial charge in [0.05, 0.1) is 0 Å². The zero-order valence-corrected chi connectivity index (χ0v) is 5.97. The summed E-state index contributed by atoms with van der Waals surface area (Å²) in [4.78, 5) is 12.1. The highest BCUT2D eigenvalue weighted by atomic mass is 32.2. The van der Waals surface area contributed by atoms with Crippen LogP contribution in [0.2, 0.25) is 0 Å². The Morgan fingerprint density at radius 2 is 2.60 bits per heavy atom. The molecule has 2 aliphatic rings. The van der Waals surface area contributed by atoms with E-state index in [1.54, 1.807) is 6.20 Å². The number of amides is 1. The van der Waals surface area contributed by atoms with Gasteiger partial charge in [0.2, 0.25) is 6.17 Å². The Kier molecular flexibility index (Phi) is 1.23. The van der Waals surface area contributed by atoms with E-state index < -0.39 is 12.1 Å². The van der Waals surface area contributed by atoms with Crippen molar-refractivity contribution in [2.24, 2.45) is 0 Å². The number of hydrogen-bond donors (Lipinski definition) is 0. The standard InChI is InChI=1S/C6H6FNOS/c7-4-5(9)8-2-1-3-10-6(4)8/h1-2,4,6H,3H2/t4-,6+/m0/s1. The number of carbonyl (C=O) groups is 1. The van der Waals surface area contributed by atoms with Crippen LogP contribution in [0.15, 0.2) is 12.3 Å². The van der Waals surface area contributed by atoms with Gasteiger partial charge in [-0.3, -0.25) is 4.79 Å². The van der Waals surface area contributed by atoms with E-state index in [4.69, 9.17) is 0 Å². The fraction of sp³-hybridized carbons (Fsp3) is 0.500. The molecule has 1 amide bonds. The van der Waals surface area contributed by atoms with Crippen molar-refractivity contribution in [3.05, 3.63) is 12.3 Å². The van der Waals surface area contributed by atoms with Crippen LogP contribution in [0.3, 0.4) is 0 Å². The van der Waals surface area contributed by atoms with Crippen LogP contribution in [0.4, 0.5) is 4.39 Å². The first-order valence-corrected chi connectivity index (χ1v) is 4.10. The molecule has 0 aromatic heterocycles. The van der Waals surface area contributed by atoms with E-state index in [0.29, 0.717) is 0 Å². The summed E-state index contributed by atoms with van der Waals surface area (Å²) in [6.07, 6.45) is 2.28. The lowest BCUT2D eigenvalue weighted by molar-refractivity contribution is -0.147. The number of alkyl halides is 1. The maximum atomic E-state index is 12.6. The van der Waals surface area contributed by atoms with Gasteiger partial charge in [0.15, 0.2) is 0 Å². The van der Waals surface area contributed by atoms with Gasteiger partial charge in [-0.2, -0.15) is 0 Å². The van der Waals surface area contributed by atoms with Crippen LogP contribution in [0.5, 0.6) is 0 Å². The summed E-state index contributed by atoms with van der Waals surface area (Å²) >= 11 is 1.47. The third-order valence-electron chi connectivity index (χ3n) is 1.64. The summed E-state index contributed by atoms with van der Waals surface area (Å²) in [5.41, 5.74) is 0. The highest BCUT2D eigenvalue weighted by molar-refractivity contribution is 8.00. The number of halogens is 1. The van der Waals surface area contributed by atoms with E-state index in [2.05, 4.69) is 0 Å². The molecule has 0 saturated carbocycles. The molecular formula is C6H6FNOS. The summed E-state index contributed by atoms with van der Waals surface area (Å²) < 4.78 is 12.6. The molecule has 2 aliphatic heterocycles. The normalized spacial score (nSPS) is 37.3. The third kappa shape index (κ3) is 0.624. The molecule has 2 heterocycles. The van der Waals surface area contributed by atoms with Crippen molar-refractivity contribution >= 4 is 17.7 Å². The van der Waals surface area contributed by atoms with Crippen LogP contribution in [0.1, 0.15) is 0 Å². The quantitative estimate of drug-likeness (QED) is 0.486. The van der Waals surface area contributed by atoms with Gasteiger partial charge in [0, 0.05) is 12.0 Å². The fourth-order valence-electron chi connectivity index (χ4n) is 1.08. The zero-order chi connectivity index (χ0) is 7.14. The van der Waals surface area contributed by atoms with Crippen LogP contribution in [-0.4, -0.2) is 28.1 Å². The van der Waals surface area contributed by atoms with E-state index in [1.807, 2.05) is 6.08 Å². The molecule has 0 unspecified atom stereocenters. The average molecular weight is 159 g/mol. The molecule has 0 aromatic rings. The molecule has 2 atom stereocenters. The minimum absolute atomic E-state index is 0.225. The first-order valence-electron chi connectivity index (χ1n) is 3.05. The Hall–Kier alpha value is -0.510. The van der Waals surface area contributed by atoms with E-state index in [9.17, 15) is 9.18 Å². The predicted molar refractivity (Wildman–Crippen MR) is 37.1 cm³/mol. The Bertz CT molecular complexity index is 206. The SMILES string of the molecule is O=C1[C@H](F)[C@H]2SCC=CN12. The fourth-order valence-corrected chi connectivity index (χ4v) is 2.10. The molecule has 2 nitrogen and oxygen atoms in total. The van der Waals surface area contributed by atoms with Gasteiger partial charge >= 0.3 is 0 Å². The van der Waals surface area contributed by atoms with Gasteiger partial charge in [0.25, 0.3) is 5.91 Å². The molecular weight excluding hydrogens is 153 g/mol. The van der Waals surface area contributed by atoms with Gasteiger partial charge in [-0.25, -0.2) is 4.39 Å². The van der Waals surface area contributed by atoms with Crippen molar-refractivity contribution in [3.63, 3.8) is 0 Å². The third-order valence-corrected chi connectivity index (χ3v) is 2.84. The van der Waals surface area contributed by atoms with E-state index in [1.165, 1.54) is 16.7 Å². The van der Waals surface area contributed by atoms with E-state index >= 15 is 0 Å². The maximum absolute atomic E-state index is 12.6. The summed E-state index contributed by atoms with van der Waals surface area (Å²) in [7, 11) is 0. The van der Waals surface area contributed by atoms with Crippen LogP contribution in [-0.2, 0) is 4.79 Å². The first kappa shape index (κ1) is 6.22. The lowest BCUT2D eigenvalue weighted by atomic mass is 10.2. The first-order chi connectivity index (χ1) is 4.80. The topological polar surface area (TPSA) is 20.3 Å². The number of fused-ring (bicyclic) bond motifs is 1. The number of thioether (sulfide) groups is 1. The van der Waals surface area contributed by atoms with Gasteiger partial charge in [0.1, 0.15) is 5.37 Å². The summed E-state index contributed by atoms with van der Waals surface area (Å²) in [5, 5.41) is -0.225. The van der Waals surface area contributed by atoms with Crippen LogP contribution < -0.4 is 0 Å². The van der Waals surface area contributed by atoms with Crippen molar-refractivity contribution in [1.29, 1.82) is 0 Å². The summed E-state index contributed by atoms with van der Waals surface area (Å²) in [6, 6.07) is 0. The highest BCUT2D eigenvalue weighted by Crippen LogP contribution is 2.35. The van der Waals surface area contributed by atoms with E-state index in [-0.39, 0.29) is 5.37 Å². The number of rotatable bonds is 0. The Labute approximate surface area is 62.1 Å². The average Bonchev–Trinajstić information content (AvgIpc) is 2.03. The monoisotopic (exact) mass is 159 g/mol. The molecule has 54 valence electrons. The number of nitrogens with zero attached hydrogens (tertiary/aromatic N) is 1. The summed E-state index contributed by atoms with van der Waals surface area (Å²) in [5.74, 6) is 0.419. The lowest BCUT2D eigenvalue weighted by Gasteiger charge is -2.41. The zero-order valence-electron chi connectivity index (χ0n) is 5.16.